The number of fused-ring (bicyclic) bond motifs is 1. The van der Waals surface area contributed by atoms with Crippen LogP contribution in [0.3, 0.4) is 0 Å². The molecule has 20 heavy (non-hydrogen) atoms. The molecule has 2 fully saturated rings. The largest absolute Gasteiger partial charge is 0.467 e. The number of likely N-dealkylation sites (N-methyl/N-ethyl adjacent to an activating group) is 1. The van der Waals surface area contributed by atoms with E-state index in [2.05, 4.69) is 5.32 Å². The van der Waals surface area contributed by atoms with E-state index < -0.39 is 0 Å². The molecule has 4 heteroatoms. The normalized spacial score (nSPS) is 29.8. The van der Waals surface area contributed by atoms with Crippen LogP contribution in [0.15, 0.2) is 22.8 Å². The van der Waals surface area contributed by atoms with Gasteiger partial charge < -0.3 is 14.6 Å². The number of furan rings is 1. The lowest BCUT2D eigenvalue weighted by atomic mass is 9.77. The van der Waals surface area contributed by atoms with Crippen molar-refractivity contribution in [3.8, 4) is 0 Å². The maximum atomic E-state index is 12.5. The Labute approximate surface area is 120 Å². The van der Waals surface area contributed by atoms with E-state index in [0.717, 1.165) is 18.1 Å². The minimum Gasteiger partial charge on any atom is -0.467 e. The van der Waals surface area contributed by atoms with Crippen LogP contribution in [-0.2, 0) is 11.3 Å². The standard InChI is InChI=1S/C16H24N2O2/c1-18(11-13-6-4-10-20-13)16(19)15-9-8-12-5-2-3-7-14(12)17-15/h4,6,10,12,14-15,17H,2-3,5,7-9,11H2,1H3. The molecule has 1 amide bonds. The number of nitrogens with zero attached hydrogens (tertiary/aromatic N) is 1. The summed E-state index contributed by atoms with van der Waals surface area (Å²) in [5.41, 5.74) is 0. The molecule has 3 rings (SSSR count). The predicted octanol–water partition coefficient (Wildman–Crippen LogP) is 2.55. The third kappa shape index (κ3) is 2.90. The summed E-state index contributed by atoms with van der Waals surface area (Å²) in [7, 11) is 1.86. The van der Waals surface area contributed by atoms with E-state index in [9.17, 15) is 4.79 Å². The van der Waals surface area contributed by atoms with Crippen molar-refractivity contribution in [3.05, 3.63) is 24.2 Å². The van der Waals surface area contributed by atoms with E-state index in [4.69, 9.17) is 4.42 Å². The lowest BCUT2D eigenvalue weighted by Gasteiger charge is -2.40. The summed E-state index contributed by atoms with van der Waals surface area (Å²) in [6.45, 7) is 0.554. The molecule has 1 aliphatic heterocycles. The molecule has 1 aliphatic carbocycles. The Hall–Kier alpha value is -1.29. The number of amides is 1. The topological polar surface area (TPSA) is 45.5 Å². The Balaban J connectivity index is 1.56. The molecule has 0 spiro atoms. The fraction of sp³-hybridized carbons (Fsp3) is 0.688. The van der Waals surface area contributed by atoms with Crippen molar-refractivity contribution in [2.75, 3.05) is 7.05 Å². The molecule has 3 unspecified atom stereocenters. The molecule has 2 aliphatic rings. The van der Waals surface area contributed by atoms with E-state index in [0.29, 0.717) is 12.6 Å². The molecule has 1 N–H and O–H groups in total. The van der Waals surface area contributed by atoms with E-state index in [1.807, 2.05) is 19.2 Å². The van der Waals surface area contributed by atoms with Crippen LogP contribution in [0, 0.1) is 5.92 Å². The average Bonchev–Trinajstić information content (AvgIpc) is 2.99. The first kappa shape index (κ1) is 13.7. The number of carbonyl (C=O) groups excluding carboxylic acids is 1. The van der Waals surface area contributed by atoms with Gasteiger partial charge in [0.05, 0.1) is 18.8 Å². The third-order valence-electron chi connectivity index (χ3n) is 4.80. The van der Waals surface area contributed by atoms with Crippen LogP contribution in [-0.4, -0.2) is 29.9 Å². The minimum atomic E-state index is -0.00527. The summed E-state index contributed by atoms with van der Waals surface area (Å²) in [5.74, 6) is 1.83. The molecule has 3 atom stereocenters. The first-order valence-corrected chi connectivity index (χ1v) is 7.77. The fourth-order valence-corrected chi connectivity index (χ4v) is 3.67. The summed E-state index contributed by atoms with van der Waals surface area (Å²) in [6, 6.07) is 4.33. The van der Waals surface area contributed by atoms with Gasteiger partial charge in [-0.2, -0.15) is 0 Å². The molecule has 1 aromatic heterocycles. The van der Waals surface area contributed by atoms with Gasteiger partial charge in [-0.1, -0.05) is 12.8 Å². The summed E-state index contributed by atoms with van der Waals surface area (Å²) >= 11 is 0. The van der Waals surface area contributed by atoms with Crippen LogP contribution >= 0.6 is 0 Å². The molecule has 1 saturated carbocycles. The van der Waals surface area contributed by atoms with E-state index in [1.54, 1.807) is 11.2 Å². The van der Waals surface area contributed by atoms with Crippen molar-refractivity contribution in [1.29, 1.82) is 0 Å². The summed E-state index contributed by atoms with van der Waals surface area (Å²) in [4.78, 5) is 14.3. The number of hydrogen-bond donors (Lipinski definition) is 1. The summed E-state index contributed by atoms with van der Waals surface area (Å²) in [6.07, 6.45) is 9.05. The van der Waals surface area contributed by atoms with Gasteiger partial charge in [0.1, 0.15) is 5.76 Å². The second-order valence-electron chi connectivity index (χ2n) is 6.22. The number of carbonyl (C=O) groups is 1. The predicted molar refractivity (Wildman–Crippen MR) is 77.1 cm³/mol. The zero-order chi connectivity index (χ0) is 13.9. The quantitative estimate of drug-likeness (QED) is 0.923. The van der Waals surface area contributed by atoms with Gasteiger partial charge in [0.25, 0.3) is 0 Å². The number of piperidine rings is 1. The van der Waals surface area contributed by atoms with Crippen molar-refractivity contribution >= 4 is 5.91 Å². The Morgan fingerprint density at radius 1 is 1.35 bits per heavy atom. The molecule has 1 aromatic rings. The van der Waals surface area contributed by atoms with Gasteiger partial charge in [0, 0.05) is 13.1 Å². The number of nitrogens with one attached hydrogen (secondary N) is 1. The van der Waals surface area contributed by atoms with Crippen LogP contribution in [0.4, 0.5) is 0 Å². The SMILES string of the molecule is CN(Cc1ccco1)C(=O)C1CCC2CCCCC2N1. The number of hydrogen-bond acceptors (Lipinski definition) is 3. The molecular formula is C16H24N2O2. The molecule has 0 radical (unpaired) electrons. The lowest BCUT2D eigenvalue weighted by Crippen LogP contribution is -2.55. The van der Waals surface area contributed by atoms with Gasteiger partial charge in [-0.15, -0.1) is 0 Å². The highest BCUT2D eigenvalue weighted by atomic mass is 16.3. The van der Waals surface area contributed by atoms with Gasteiger partial charge in [0.15, 0.2) is 0 Å². The molecule has 0 bridgehead atoms. The molecule has 0 aromatic carbocycles. The van der Waals surface area contributed by atoms with Crippen molar-refractivity contribution in [3.63, 3.8) is 0 Å². The second-order valence-corrected chi connectivity index (χ2v) is 6.22. The first-order chi connectivity index (χ1) is 9.74. The van der Waals surface area contributed by atoms with Gasteiger partial charge in [-0.3, -0.25) is 4.79 Å². The van der Waals surface area contributed by atoms with Crippen LogP contribution < -0.4 is 5.32 Å². The summed E-state index contributed by atoms with van der Waals surface area (Å²) in [5, 5.41) is 3.59. The maximum absolute atomic E-state index is 12.5. The van der Waals surface area contributed by atoms with Crippen molar-refractivity contribution in [2.24, 2.45) is 5.92 Å². The van der Waals surface area contributed by atoms with E-state index in [1.165, 1.54) is 32.1 Å². The smallest absolute Gasteiger partial charge is 0.239 e. The van der Waals surface area contributed by atoms with Gasteiger partial charge in [0.2, 0.25) is 5.91 Å². The Kier molecular flexibility index (Phi) is 4.10. The Bertz CT molecular complexity index is 443. The van der Waals surface area contributed by atoms with Gasteiger partial charge >= 0.3 is 0 Å². The zero-order valence-corrected chi connectivity index (χ0v) is 12.2. The highest BCUT2D eigenvalue weighted by Crippen LogP contribution is 2.32. The third-order valence-corrected chi connectivity index (χ3v) is 4.80. The maximum Gasteiger partial charge on any atom is 0.239 e. The lowest BCUT2D eigenvalue weighted by molar-refractivity contribution is -0.134. The molecular weight excluding hydrogens is 252 g/mol. The average molecular weight is 276 g/mol. The second kappa shape index (κ2) is 6.00. The monoisotopic (exact) mass is 276 g/mol. The molecule has 1 saturated heterocycles. The molecule has 110 valence electrons. The van der Waals surface area contributed by atoms with Crippen molar-refractivity contribution in [2.45, 2.75) is 57.2 Å². The van der Waals surface area contributed by atoms with Crippen molar-refractivity contribution < 1.29 is 9.21 Å². The molecule has 2 heterocycles. The van der Waals surface area contributed by atoms with E-state index in [-0.39, 0.29) is 11.9 Å². The fourth-order valence-electron chi connectivity index (χ4n) is 3.67. The van der Waals surface area contributed by atoms with Gasteiger partial charge in [-0.25, -0.2) is 0 Å². The van der Waals surface area contributed by atoms with Gasteiger partial charge in [-0.05, 0) is 43.7 Å². The van der Waals surface area contributed by atoms with Crippen LogP contribution in [0.5, 0.6) is 0 Å². The number of rotatable bonds is 3. The highest BCUT2D eigenvalue weighted by molar-refractivity contribution is 5.81. The Morgan fingerprint density at radius 2 is 2.20 bits per heavy atom. The first-order valence-electron chi connectivity index (χ1n) is 7.77. The van der Waals surface area contributed by atoms with Crippen molar-refractivity contribution in [1.82, 2.24) is 10.2 Å². The highest BCUT2D eigenvalue weighted by Gasteiger charge is 2.35. The summed E-state index contributed by atoms with van der Waals surface area (Å²) < 4.78 is 5.31. The van der Waals surface area contributed by atoms with E-state index >= 15 is 0 Å². The van der Waals surface area contributed by atoms with Crippen LogP contribution in [0.2, 0.25) is 0 Å². The molecule has 4 nitrogen and oxygen atoms in total. The van der Waals surface area contributed by atoms with Crippen LogP contribution in [0.1, 0.15) is 44.3 Å². The Morgan fingerprint density at radius 3 is 3.00 bits per heavy atom. The minimum absolute atomic E-state index is 0.00527. The zero-order valence-electron chi connectivity index (χ0n) is 12.2. The van der Waals surface area contributed by atoms with Crippen LogP contribution in [0.25, 0.3) is 0 Å².